The van der Waals surface area contributed by atoms with Gasteiger partial charge in [-0.25, -0.2) is 0 Å². The molecule has 2 rings (SSSR count). The molecule has 0 saturated heterocycles. The summed E-state index contributed by atoms with van der Waals surface area (Å²) in [5.74, 6) is 0.330. The zero-order valence-corrected chi connectivity index (χ0v) is 15.0. The normalized spacial score (nSPS) is 15.3. The summed E-state index contributed by atoms with van der Waals surface area (Å²) in [6.45, 7) is 6.20. The molecule has 110 valence electrons. The molecule has 21 heavy (non-hydrogen) atoms. The largest absolute Gasteiger partial charge is 0.418 e. The maximum Gasteiger partial charge on any atom is 0.147 e. The van der Waals surface area contributed by atoms with Crippen LogP contribution in [0.15, 0.2) is 73.3 Å². The molecule has 0 saturated carbocycles. The van der Waals surface area contributed by atoms with Gasteiger partial charge in [-0.05, 0) is 24.0 Å². The molecule has 2 aromatic carbocycles. The van der Waals surface area contributed by atoms with E-state index < -0.39 is 0 Å². The second-order valence-corrected chi connectivity index (χ2v) is 5.73. The molecule has 0 heterocycles. The summed E-state index contributed by atoms with van der Waals surface area (Å²) in [5, 5.41) is 0. The van der Waals surface area contributed by atoms with Gasteiger partial charge in [0.1, 0.15) is 10.5 Å². The molecular formula is C19H24OSi. The monoisotopic (exact) mass is 296 g/mol. The van der Waals surface area contributed by atoms with E-state index in [0.29, 0.717) is 16.4 Å². The minimum atomic E-state index is -0.300. The first-order valence-corrected chi connectivity index (χ1v) is 8.36. The Morgan fingerprint density at radius 3 is 2.14 bits per heavy atom. The Labute approximate surface area is 131 Å². The van der Waals surface area contributed by atoms with Crippen LogP contribution in [0.1, 0.15) is 36.8 Å². The maximum atomic E-state index is 6.24. The van der Waals surface area contributed by atoms with Crippen molar-refractivity contribution in [1.29, 1.82) is 0 Å². The number of benzene rings is 2. The van der Waals surface area contributed by atoms with Gasteiger partial charge in [0.15, 0.2) is 0 Å². The highest BCUT2D eigenvalue weighted by Crippen LogP contribution is 2.44. The van der Waals surface area contributed by atoms with Crippen LogP contribution in [0.4, 0.5) is 0 Å². The van der Waals surface area contributed by atoms with Crippen molar-refractivity contribution in [3.05, 3.63) is 84.4 Å². The summed E-state index contributed by atoms with van der Waals surface area (Å²) in [5.41, 5.74) is 2.28. The lowest BCUT2D eigenvalue weighted by Gasteiger charge is -2.40. The van der Waals surface area contributed by atoms with E-state index in [4.69, 9.17) is 4.43 Å². The third-order valence-electron chi connectivity index (χ3n) is 4.25. The van der Waals surface area contributed by atoms with Gasteiger partial charge in [0.05, 0.1) is 5.60 Å². The van der Waals surface area contributed by atoms with Gasteiger partial charge >= 0.3 is 0 Å². The van der Waals surface area contributed by atoms with E-state index in [1.165, 1.54) is 11.1 Å². The Morgan fingerprint density at radius 2 is 1.67 bits per heavy atom. The van der Waals surface area contributed by atoms with Gasteiger partial charge in [0, 0.05) is 5.92 Å². The highest BCUT2D eigenvalue weighted by molar-refractivity contribution is 5.98. The first-order chi connectivity index (χ1) is 10.3. The van der Waals surface area contributed by atoms with Crippen molar-refractivity contribution < 1.29 is 4.43 Å². The number of hydrogen-bond acceptors (Lipinski definition) is 1. The molecule has 1 nitrogen and oxygen atoms in total. The van der Waals surface area contributed by atoms with Crippen LogP contribution in [0, 0.1) is 0 Å². The molecule has 0 amide bonds. The lowest BCUT2D eigenvalue weighted by molar-refractivity contribution is 0.0461. The third-order valence-corrected chi connectivity index (χ3v) is 4.98. The molecule has 2 heteroatoms. The maximum absolute atomic E-state index is 6.24. The van der Waals surface area contributed by atoms with Crippen molar-refractivity contribution in [2.75, 3.05) is 0 Å². The number of hydrogen-bond donors (Lipinski definition) is 0. The fourth-order valence-corrected chi connectivity index (χ4v) is 3.95. The average molecular weight is 296 g/mol. The van der Waals surface area contributed by atoms with E-state index in [0.717, 1.165) is 12.8 Å². The van der Waals surface area contributed by atoms with Crippen LogP contribution < -0.4 is 0 Å². The van der Waals surface area contributed by atoms with Crippen molar-refractivity contribution in [2.24, 2.45) is 0 Å². The Hall–Kier alpha value is -1.64. The summed E-state index contributed by atoms with van der Waals surface area (Å²) in [7, 11) is 0.701. The summed E-state index contributed by atoms with van der Waals surface area (Å²) in [4.78, 5) is 0. The predicted molar refractivity (Wildman–Crippen MR) is 93.4 cm³/mol. The molecule has 0 N–H and O–H groups in total. The summed E-state index contributed by atoms with van der Waals surface area (Å²) in [6.07, 6.45) is 3.85. The summed E-state index contributed by atoms with van der Waals surface area (Å²) in [6, 6.07) is 21.3. The van der Waals surface area contributed by atoms with E-state index in [2.05, 4.69) is 74.2 Å². The first kappa shape index (κ1) is 15.7. The van der Waals surface area contributed by atoms with E-state index in [-0.39, 0.29) is 5.60 Å². The van der Waals surface area contributed by atoms with E-state index in [1.54, 1.807) is 0 Å². The molecule has 2 unspecified atom stereocenters. The van der Waals surface area contributed by atoms with Crippen molar-refractivity contribution in [1.82, 2.24) is 0 Å². The molecule has 2 atom stereocenters. The van der Waals surface area contributed by atoms with Crippen molar-refractivity contribution >= 4 is 10.5 Å². The van der Waals surface area contributed by atoms with Gasteiger partial charge in [-0.15, -0.1) is 6.58 Å². The van der Waals surface area contributed by atoms with Gasteiger partial charge in [-0.3, -0.25) is 0 Å². The van der Waals surface area contributed by atoms with Gasteiger partial charge in [0.2, 0.25) is 0 Å². The van der Waals surface area contributed by atoms with Crippen LogP contribution in [0.25, 0.3) is 0 Å². The van der Waals surface area contributed by atoms with Crippen LogP contribution in [0.3, 0.4) is 0 Å². The minimum absolute atomic E-state index is 0.300. The lowest BCUT2D eigenvalue weighted by Crippen LogP contribution is -2.35. The van der Waals surface area contributed by atoms with Crippen LogP contribution in [-0.2, 0) is 10.0 Å². The zero-order valence-electron chi connectivity index (χ0n) is 13.0. The second kappa shape index (κ2) is 7.39. The highest BCUT2D eigenvalue weighted by atomic mass is 28.2. The zero-order chi connectivity index (χ0) is 15.1. The third kappa shape index (κ3) is 3.17. The molecule has 0 aromatic heterocycles. The van der Waals surface area contributed by atoms with E-state index in [9.17, 15) is 0 Å². The lowest BCUT2D eigenvalue weighted by atomic mass is 9.74. The Bertz CT molecular complexity index is 552. The van der Waals surface area contributed by atoms with Gasteiger partial charge in [-0.2, -0.15) is 0 Å². The average Bonchev–Trinajstić information content (AvgIpc) is 2.56. The smallest absolute Gasteiger partial charge is 0.147 e. The molecule has 0 bridgehead atoms. The molecule has 0 aliphatic carbocycles. The van der Waals surface area contributed by atoms with Gasteiger partial charge in [0.25, 0.3) is 0 Å². The quantitative estimate of drug-likeness (QED) is 0.555. The summed E-state index contributed by atoms with van der Waals surface area (Å²) < 4.78 is 6.24. The molecular weight excluding hydrogens is 272 g/mol. The Morgan fingerprint density at radius 1 is 1.10 bits per heavy atom. The van der Waals surface area contributed by atoms with Crippen LogP contribution >= 0.6 is 0 Å². The summed E-state index contributed by atoms with van der Waals surface area (Å²) >= 11 is 0. The molecule has 0 aliphatic rings. The standard InChI is InChI=1S/C19H24OSi/c1-3-15-19(20-21,17-13-9-6-10-14-17)18(4-2)16-11-7-5-8-12-16/h3,5-14,18H,1,4,15H2,2,21H3. The fourth-order valence-electron chi connectivity index (χ4n) is 3.26. The van der Waals surface area contributed by atoms with E-state index >= 15 is 0 Å². The van der Waals surface area contributed by atoms with Crippen molar-refractivity contribution in [3.63, 3.8) is 0 Å². The molecule has 0 aliphatic heterocycles. The van der Waals surface area contributed by atoms with Crippen LogP contribution in [-0.4, -0.2) is 10.5 Å². The van der Waals surface area contributed by atoms with Gasteiger partial charge in [-0.1, -0.05) is 73.7 Å². The Kier molecular flexibility index (Phi) is 5.54. The number of rotatable bonds is 7. The fraction of sp³-hybridized carbons (Fsp3) is 0.263. The molecule has 0 spiro atoms. The molecule has 0 radical (unpaired) electrons. The van der Waals surface area contributed by atoms with Crippen molar-refractivity contribution in [2.45, 2.75) is 31.3 Å². The SMILES string of the molecule is C=CCC(O[SiH3])(c1ccccc1)C(CC)c1ccccc1. The topological polar surface area (TPSA) is 9.23 Å². The van der Waals surface area contributed by atoms with Crippen LogP contribution in [0.5, 0.6) is 0 Å². The Balaban J connectivity index is 2.55. The second-order valence-electron chi connectivity index (χ2n) is 5.32. The van der Waals surface area contributed by atoms with E-state index in [1.807, 2.05) is 6.08 Å². The van der Waals surface area contributed by atoms with Crippen molar-refractivity contribution in [3.8, 4) is 0 Å². The van der Waals surface area contributed by atoms with Gasteiger partial charge < -0.3 is 4.43 Å². The van der Waals surface area contributed by atoms with Crippen LogP contribution in [0.2, 0.25) is 0 Å². The molecule has 0 fully saturated rings. The molecule has 2 aromatic rings. The highest BCUT2D eigenvalue weighted by Gasteiger charge is 2.38. The minimum Gasteiger partial charge on any atom is -0.418 e. The first-order valence-electron chi connectivity index (χ1n) is 7.55. The predicted octanol–water partition coefficient (Wildman–Crippen LogP) is 3.95.